The number of nitrogens with zero attached hydrogens (tertiary/aromatic N) is 1. The smallest absolute Gasteiger partial charge is 0.129 e. The lowest BCUT2D eigenvalue weighted by Crippen LogP contribution is -2.01. The minimum Gasteiger partial charge on any atom is -0.507 e. The van der Waals surface area contributed by atoms with Crippen LogP contribution in [0.2, 0.25) is 0 Å². The van der Waals surface area contributed by atoms with Crippen molar-refractivity contribution >= 4 is 21.6 Å². The van der Waals surface area contributed by atoms with Crippen LogP contribution in [0.4, 0.5) is 5.69 Å². The molecule has 1 aromatic carbocycles. The number of methoxy groups -OCH3 is 1. The van der Waals surface area contributed by atoms with Gasteiger partial charge in [-0.25, -0.2) is 4.98 Å². The lowest BCUT2D eigenvalue weighted by molar-refractivity contribution is 0.406. The zero-order chi connectivity index (χ0) is 13.0. The molecule has 0 radical (unpaired) electrons. The summed E-state index contributed by atoms with van der Waals surface area (Å²) in [6.07, 6.45) is 1.71. The zero-order valence-electron chi connectivity index (χ0n) is 9.85. The summed E-state index contributed by atoms with van der Waals surface area (Å²) in [7, 11) is 1.57. The van der Waals surface area contributed by atoms with Crippen LogP contribution in [-0.4, -0.2) is 17.2 Å². The van der Waals surface area contributed by atoms with Crippen molar-refractivity contribution in [3.8, 4) is 11.5 Å². The molecule has 2 aromatic rings. The van der Waals surface area contributed by atoms with Crippen molar-refractivity contribution in [2.45, 2.75) is 6.54 Å². The van der Waals surface area contributed by atoms with Crippen molar-refractivity contribution in [3.63, 3.8) is 0 Å². The highest BCUT2D eigenvalue weighted by Gasteiger charge is 2.04. The average Bonchev–Trinajstić information content (AvgIpc) is 2.39. The molecule has 0 spiro atoms. The molecule has 1 heterocycles. The monoisotopic (exact) mass is 308 g/mol. The van der Waals surface area contributed by atoms with E-state index in [4.69, 9.17) is 4.74 Å². The van der Waals surface area contributed by atoms with Crippen LogP contribution in [0.25, 0.3) is 0 Å². The Morgan fingerprint density at radius 1 is 1.39 bits per heavy atom. The molecule has 0 aliphatic rings. The van der Waals surface area contributed by atoms with Crippen molar-refractivity contribution in [3.05, 3.63) is 46.7 Å². The van der Waals surface area contributed by atoms with Crippen molar-refractivity contribution in [2.75, 3.05) is 12.4 Å². The van der Waals surface area contributed by atoms with E-state index in [0.29, 0.717) is 12.3 Å². The molecular weight excluding hydrogens is 296 g/mol. The number of anilines is 1. The molecule has 1 aromatic heterocycles. The fourth-order valence-corrected chi connectivity index (χ4v) is 1.92. The number of pyridine rings is 1. The van der Waals surface area contributed by atoms with Gasteiger partial charge in [-0.15, -0.1) is 0 Å². The van der Waals surface area contributed by atoms with Crippen LogP contribution in [0.15, 0.2) is 41.1 Å². The highest BCUT2D eigenvalue weighted by Crippen LogP contribution is 2.25. The largest absolute Gasteiger partial charge is 0.507 e. The van der Waals surface area contributed by atoms with E-state index in [2.05, 4.69) is 26.2 Å². The molecule has 0 saturated heterocycles. The van der Waals surface area contributed by atoms with Crippen LogP contribution in [0.5, 0.6) is 11.5 Å². The number of phenols is 1. The van der Waals surface area contributed by atoms with Crippen LogP contribution >= 0.6 is 15.9 Å². The Hall–Kier alpha value is -1.75. The number of nitrogens with one attached hydrogen (secondary N) is 1. The van der Waals surface area contributed by atoms with E-state index in [-0.39, 0.29) is 5.75 Å². The number of benzene rings is 1. The van der Waals surface area contributed by atoms with Crippen molar-refractivity contribution in [2.24, 2.45) is 0 Å². The summed E-state index contributed by atoms with van der Waals surface area (Å²) < 4.78 is 5.78. The summed E-state index contributed by atoms with van der Waals surface area (Å²) in [5.74, 6) is 0.848. The first-order chi connectivity index (χ1) is 8.70. The zero-order valence-corrected chi connectivity index (χ0v) is 11.4. The first-order valence-electron chi connectivity index (χ1n) is 5.41. The van der Waals surface area contributed by atoms with Gasteiger partial charge in [0.05, 0.1) is 12.8 Å². The number of halogens is 1. The molecule has 2 rings (SSSR count). The van der Waals surface area contributed by atoms with Gasteiger partial charge in [0.15, 0.2) is 0 Å². The minimum atomic E-state index is 0.210. The van der Waals surface area contributed by atoms with E-state index in [1.807, 2.05) is 24.3 Å². The Balaban J connectivity index is 2.09. The van der Waals surface area contributed by atoms with Crippen LogP contribution in [0.1, 0.15) is 5.56 Å². The normalized spacial score (nSPS) is 10.1. The van der Waals surface area contributed by atoms with Crippen LogP contribution < -0.4 is 10.1 Å². The lowest BCUT2D eigenvalue weighted by Gasteiger charge is -2.10. The second kappa shape index (κ2) is 5.73. The standard InChI is InChI=1S/C13H13BrN2O2/c1-18-10-5-4-9(12(17)7-10)8-16-11-3-2-6-15-13(11)14/h2-7,16-17H,8H2,1H3. The lowest BCUT2D eigenvalue weighted by atomic mass is 10.2. The number of hydrogen-bond acceptors (Lipinski definition) is 4. The average molecular weight is 309 g/mol. The summed E-state index contributed by atoms with van der Waals surface area (Å²) in [6, 6.07) is 8.99. The third-order valence-corrected chi connectivity index (χ3v) is 3.15. The second-order valence-corrected chi connectivity index (χ2v) is 4.44. The Bertz CT molecular complexity index is 546. The molecule has 0 unspecified atom stereocenters. The molecule has 0 saturated carbocycles. The van der Waals surface area contributed by atoms with E-state index in [0.717, 1.165) is 15.9 Å². The number of phenolic OH excluding ortho intramolecular Hbond substituents is 1. The summed E-state index contributed by atoms with van der Waals surface area (Å²) in [5.41, 5.74) is 1.68. The Morgan fingerprint density at radius 3 is 2.89 bits per heavy atom. The van der Waals surface area contributed by atoms with Crippen molar-refractivity contribution in [1.82, 2.24) is 4.98 Å². The van der Waals surface area contributed by atoms with Crippen LogP contribution in [0.3, 0.4) is 0 Å². The number of hydrogen-bond donors (Lipinski definition) is 2. The fraction of sp³-hybridized carbons (Fsp3) is 0.154. The molecule has 4 nitrogen and oxygen atoms in total. The van der Waals surface area contributed by atoms with Gasteiger partial charge < -0.3 is 15.2 Å². The molecule has 0 amide bonds. The molecule has 0 atom stereocenters. The number of ether oxygens (including phenoxy) is 1. The van der Waals surface area contributed by atoms with Gasteiger partial charge in [0.1, 0.15) is 16.1 Å². The quantitative estimate of drug-likeness (QED) is 0.852. The SMILES string of the molecule is COc1ccc(CNc2cccnc2Br)c(O)c1. The minimum absolute atomic E-state index is 0.210. The predicted octanol–water partition coefficient (Wildman–Crippen LogP) is 3.17. The summed E-state index contributed by atoms with van der Waals surface area (Å²) in [6.45, 7) is 0.514. The number of aromatic nitrogens is 1. The molecule has 0 bridgehead atoms. The van der Waals surface area contributed by atoms with Gasteiger partial charge in [0, 0.05) is 24.4 Å². The Kier molecular flexibility index (Phi) is 4.04. The molecule has 5 heteroatoms. The Morgan fingerprint density at radius 2 is 2.22 bits per heavy atom. The van der Waals surface area contributed by atoms with Crippen molar-refractivity contribution in [1.29, 1.82) is 0 Å². The molecular formula is C13H13BrN2O2. The molecule has 94 valence electrons. The van der Waals surface area contributed by atoms with E-state index in [9.17, 15) is 5.11 Å². The maximum atomic E-state index is 9.82. The maximum Gasteiger partial charge on any atom is 0.129 e. The summed E-state index contributed by atoms with van der Waals surface area (Å²) in [5, 5.41) is 13.0. The van der Waals surface area contributed by atoms with Crippen LogP contribution in [-0.2, 0) is 6.54 Å². The predicted molar refractivity (Wildman–Crippen MR) is 73.9 cm³/mol. The first-order valence-corrected chi connectivity index (χ1v) is 6.20. The van der Waals surface area contributed by atoms with Gasteiger partial charge in [-0.2, -0.15) is 0 Å². The number of rotatable bonds is 4. The van der Waals surface area contributed by atoms with Crippen molar-refractivity contribution < 1.29 is 9.84 Å². The van der Waals surface area contributed by atoms with E-state index in [1.165, 1.54) is 0 Å². The number of aromatic hydroxyl groups is 1. The summed E-state index contributed by atoms with van der Waals surface area (Å²) >= 11 is 3.36. The van der Waals surface area contributed by atoms with E-state index in [1.54, 1.807) is 19.4 Å². The van der Waals surface area contributed by atoms with Crippen LogP contribution in [0, 0.1) is 0 Å². The van der Waals surface area contributed by atoms with Gasteiger partial charge in [-0.05, 0) is 40.2 Å². The van der Waals surface area contributed by atoms with Gasteiger partial charge in [0.2, 0.25) is 0 Å². The third-order valence-electron chi connectivity index (χ3n) is 2.52. The van der Waals surface area contributed by atoms with Gasteiger partial charge in [0.25, 0.3) is 0 Å². The highest BCUT2D eigenvalue weighted by atomic mass is 79.9. The fourth-order valence-electron chi connectivity index (χ4n) is 1.53. The molecule has 2 N–H and O–H groups in total. The highest BCUT2D eigenvalue weighted by molar-refractivity contribution is 9.10. The first kappa shape index (κ1) is 12.7. The maximum absolute atomic E-state index is 9.82. The van der Waals surface area contributed by atoms with Gasteiger partial charge in [-0.1, -0.05) is 0 Å². The topological polar surface area (TPSA) is 54.4 Å². The Labute approximate surface area is 114 Å². The summed E-state index contributed by atoms with van der Waals surface area (Å²) in [4.78, 5) is 4.11. The van der Waals surface area contributed by atoms with E-state index >= 15 is 0 Å². The van der Waals surface area contributed by atoms with E-state index < -0.39 is 0 Å². The molecule has 0 fully saturated rings. The molecule has 18 heavy (non-hydrogen) atoms. The van der Waals surface area contributed by atoms with Gasteiger partial charge >= 0.3 is 0 Å². The van der Waals surface area contributed by atoms with Gasteiger partial charge in [-0.3, -0.25) is 0 Å². The third kappa shape index (κ3) is 2.92. The molecule has 0 aliphatic heterocycles. The molecule has 0 aliphatic carbocycles. The second-order valence-electron chi connectivity index (χ2n) is 3.69.